The first-order valence-electron chi connectivity index (χ1n) is 21.1. The molecule has 0 unspecified atom stereocenters. The molecule has 0 atom stereocenters. The maximum atomic E-state index is 7.21. The van der Waals surface area contributed by atoms with E-state index in [1.54, 1.807) is 11.3 Å². The number of benzene rings is 6. The number of hydrogen-bond acceptors (Lipinski definition) is 5. The topological polar surface area (TPSA) is 43.8 Å². The lowest BCUT2D eigenvalue weighted by molar-refractivity contribution is 0.416. The maximum Gasteiger partial charge on any atom is 0.195 e. The number of aromatic nitrogens is 4. The molecule has 0 radical (unpaired) electrons. The van der Waals surface area contributed by atoms with E-state index in [4.69, 9.17) is 14.7 Å². The average molecular weight is 791 g/mol. The second kappa shape index (κ2) is 12.3. The van der Waals surface area contributed by atoms with Crippen molar-refractivity contribution >= 4 is 75.1 Å². The number of hydrogen-bond donors (Lipinski definition) is 0. The van der Waals surface area contributed by atoms with E-state index in [2.05, 4.69) is 132 Å². The number of ether oxygens (including phenoxy) is 1. The van der Waals surface area contributed by atoms with Gasteiger partial charge in [0.1, 0.15) is 11.5 Å². The first-order chi connectivity index (χ1) is 28.5. The molecular weight excluding hydrogens is 749 g/mol. The molecular formula is C51H42N4OS2. The number of imidazole rings is 2. The molecule has 13 rings (SSSR count). The molecule has 2 aliphatic carbocycles. The van der Waals surface area contributed by atoms with Gasteiger partial charge in [-0.15, -0.1) is 0 Å². The summed E-state index contributed by atoms with van der Waals surface area (Å²) < 4.78 is 14.5. The molecule has 0 spiro atoms. The van der Waals surface area contributed by atoms with Gasteiger partial charge in [0.15, 0.2) is 9.92 Å². The highest BCUT2D eigenvalue weighted by atomic mass is 32.1. The molecule has 0 bridgehead atoms. The van der Waals surface area contributed by atoms with Crippen molar-refractivity contribution in [2.75, 3.05) is 0 Å². The van der Waals surface area contributed by atoms with Gasteiger partial charge in [0.2, 0.25) is 0 Å². The minimum Gasteiger partial charge on any atom is -0.457 e. The average Bonchev–Trinajstić information content (AvgIpc) is 4.10. The number of thiazole rings is 2. The van der Waals surface area contributed by atoms with Gasteiger partial charge >= 0.3 is 0 Å². The van der Waals surface area contributed by atoms with Crippen LogP contribution in [-0.4, -0.2) is 18.8 Å². The lowest BCUT2D eigenvalue weighted by Crippen LogP contribution is -2.25. The van der Waals surface area contributed by atoms with Crippen molar-refractivity contribution in [3.63, 3.8) is 0 Å². The summed E-state index contributed by atoms with van der Waals surface area (Å²) >= 11 is 3.59. The van der Waals surface area contributed by atoms with Gasteiger partial charge in [-0.05, 0) is 120 Å². The minimum absolute atomic E-state index is 0.304. The molecule has 3 aliphatic rings. The Morgan fingerprint density at radius 3 is 1.84 bits per heavy atom. The van der Waals surface area contributed by atoms with Crippen LogP contribution < -0.4 is 4.74 Å². The number of nitrogens with zero attached hydrogens (tertiary/aromatic N) is 4. The van der Waals surface area contributed by atoms with Crippen LogP contribution in [0.4, 0.5) is 0 Å². The summed E-state index contributed by atoms with van der Waals surface area (Å²) in [6.07, 6.45) is 10.0. The van der Waals surface area contributed by atoms with E-state index in [0.29, 0.717) is 11.8 Å². The third-order valence-corrected chi connectivity index (χ3v) is 16.1. The number of rotatable bonds is 4. The van der Waals surface area contributed by atoms with Crippen LogP contribution in [0.3, 0.4) is 0 Å². The third kappa shape index (κ3) is 4.69. The Balaban J connectivity index is 1.02. The van der Waals surface area contributed by atoms with Crippen LogP contribution in [0, 0.1) is 0 Å². The molecule has 58 heavy (non-hydrogen) atoms. The van der Waals surface area contributed by atoms with E-state index in [-0.39, 0.29) is 5.41 Å². The molecule has 0 N–H and O–H groups in total. The van der Waals surface area contributed by atoms with Gasteiger partial charge in [0.05, 0.1) is 42.5 Å². The van der Waals surface area contributed by atoms with Crippen molar-refractivity contribution < 1.29 is 4.74 Å². The van der Waals surface area contributed by atoms with Gasteiger partial charge in [-0.2, -0.15) is 0 Å². The fraction of sp³-hybridized carbons (Fsp3) is 0.255. The Morgan fingerprint density at radius 1 is 0.552 bits per heavy atom. The van der Waals surface area contributed by atoms with Gasteiger partial charge in [-0.25, -0.2) is 9.97 Å². The molecule has 0 amide bonds. The molecule has 6 aromatic carbocycles. The lowest BCUT2D eigenvalue weighted by Gasteiger charge is -2.37. The number of fused-ring (bicyclic) bond motifs is 12. The van der Waals surface area contributed by atoms with E-state index in [1.165, 1.54) is 127 Å². The van der Waals surface area contributed by atoms with Crippen molar-refractivity contribution in [2.45, 2.75) is 82.5 Å². The molecule has 10 aromatic rings. The van der Waals surface area contributed by atoms with Crippen LogP contribution in [0.2, 0.25) is 0 Å². The van der Waals surface area contributed by atoms with Crippen LogP contribution in [-0.2, 0) is 5.41 Å². The van der Waals surface area contributed by atoms with E-state index in [0.717, 1.165) is 32.5 Å². The van der Waals surface area contributed by atoms with Gasteiger partial charge in [0, 0.05) is 27.7 Å². The van der Waals surface area contributed by atoms with Crippen molar-refractivity contribution in [3.8, 4) is 33.8 Å². The zero-order chi connectivity index (χ0) is 38.3. The fourth-order valence-corrected chi connectivity index (χ4v) is 13.3. The molecule has 5 nitrogen and oxygen atoms in total. The third-order valence-electron chi connectivity index (χ3n) is 14.0. The molecule has 2 fully saturated rings. The number of para-hydroxylation sites is 4. The van der Waals surface area contributed by atoms with Gasteiger partial charge in [-0.1, -0.05) is 111 Å². The Kier molecular flexibility index (Phi) is 7.08. The highest BCUT2D eigenvalue weighted by Crippen LogP contribution is 2.55. The van der Waals surface area contributed by atoms with Crippen molar-refractivity contribution in [3.05, 3.63) is 131 Å². The molecule has 0 saturated heterocycles. The normalized spacial score (nSPS) is 17.1. The highest BCUT2D eigenvalue weighted by Gasteiger charge is 2.38. The van der Waals surface area contributed by atoms with Gasteiger partial charge in [0.25, 0.3) is 0 Å². The van der Waals surface area contributed by atoms with E-state index in [9.17, 15) is 0 Å². The Morgan fingerprint density at radius 2 is 1.12 bits per heavy atom. The van der Waals surface area contributed by atoms with Gasteiger partial charge < -0.3 is 4.74 Å². The standard InChI is InChI=1S/C51H42N4OS2/c1-51(2)37-25-35(31-17-11-22-42-47(31)53-50-55(42)41-21-9-10-24-46(41)57-50)33(29-13-3-4-14-29)27-44(37)56-45-28-34(30-15-5-6-16-30)36(26-38(45)51)32-18-12-23-43-48(32)58-49-52-39-19-7-8-20-40(39)54(43)49/h7-12,17-30H,3-6,13-16H2,1-2H3. The highest BCUT2D eigenvalue weighted by molar-refractivity contribution is 7.24. The van der Waals surface area contributed by atoms with Crippen molar-refractivity contribution in [1.29, 1.82) is 0 Å². The van der Waals surface area contributed by atoms with Gasteiger partial charge in [-0.3, -0.25) is 8.80 Å². The first kappa shape index (κ1) is 33.5. The smallest absolute Gasteiger partial charge is 0.195 e. The summed E-state index contributed by atoms with van der Waals surface area (Å²) in [5.41, 5.74) is 17.2. The second-order valence-electron chi connectivity index (χ2n) is 17.5. The molecule has 1 aliphatic heterocycles. The van der Waals surface area contributed by atoms with Crippen LogP contribution in [0.5, 0.6) is 11.5 Å². The summed E-state index contributed by atoms with van der Waals surface area (Å²) in [7, 11) is 0. The van der Waals surface area contributed by atoms with Crippen LogP contribution in [0.15, 0.2) is 109 Å². The Bertz CT molecular complexity index is 3110. The quantitative estimate of drug-likeness (QED) is 0.178. The summed E-state index contributed by atoms with van der Waals surface area (Å²) in [5.74, 6) is 3.07. The zero-order valence-electron chi connectivity index (χ0n) is 32.7. The fourth-order valence-electron chi connectivity index (χ4n) is 11.1. The van der Waals surface area contributed by atoms with E-state index >= 15 is 0 Å². The Hall–Kier alpha value is -5.50. The Labute approximate surface area is 344 Å². The lowest BCUT2D eigenvalue weighted by atomic mass is 9.72. The van der Waals surface area contributed by atoms with Crippen molar-refractivity contribution in [2.24, 2.45) is 0 Å². The SMILES string of the molecule is CC1(C)c2cc(-c3cccc4c3nc3sc5ccccc5n34)c(C3CCCC3)cc2Oc2cc(C3CCCC3)c(-c3cccc4c3sc3nc5ccccc5n34)cc21. The minimum atomic E-state index is -0.304. The molecule has 7 heteroatoms. The molecule has 4 aromatic heterocycles. The van der Waals surface area contributed by atoms with Crippen LogP contribution in [0.25, 0.3) is 74.7 Å². The molecule has 5 heterocycles. The molecule has 284 valence electrons. The van der Waals surface area contributed by atoms with Crippen molar-refractivity contribution in [1.82, 2.24) is 18.8 Å². The summed E-state index contributed by atoms with van der Waals surface area (Å²) in [5, 5.41) is 0. The predicted molar refractivity (Wildman–Crippen MR) is 242 cm³/mol. The van der Waals surface area contributed by atoms with Crippen LogP contribution >= 0.6 is 22.7 Å². The largest absolute Gasteiger partial charge is 0.457 e. The maximum absolute atomic E-state index is 7.21. The monoisotopic (exact) mass is 790 g/mol. The van der Waals surface area contributed by atoms with E-state index < -0.39 is 0 Å². The summed E-state index contributed by atoms with van der Waals surface area (Å²) in [6, 6.07) is 40.7. The van der Waals surface area contributed by atoms with Crippen LogP contribution in [0.1, 0.15) is 99.3 Å². The summed E-state index contributed by atoms with van der Waals surface area (Å²) in [6.45, 7) is 4.83. The van der Waals surface area contributed by atoms with E-state index in [1.807, 2.05) is 11.3 Å². The predicted octanol–water partition coefficient (Wildman–Crippen LogP) is 14.8. The zero-order valence-corrected chi connectivity index (χ0v) is 34.4. The summed E-state index contributed by atoms with van der Waals surface area (Å²) in [4.78, 5) is 12.5. The second-order valence-corrected chi connectivity index (χ2v) is 19.5. The first-order valence-corrected chi connectivity index (χ1v) is 22.8. The molecule has 2 saturated carbocycles.